The molecule has 0 bridgehead atoms. The summed E-state index contributed by atoms with van der Waals surface area (Å²) in [6.07, 6.45) is 21.7. The molecule has 0 heterocycles. The van der Waals surface area contributed by atoms with E-state index in [1.807, 2.05) is 12.1 Å². The molecule has 0 radical (unpaired) electrons. The van der Waals surface area contributed by atoms with E-state index in [0.717, 1.165) is 59.8 Å². The van der Waals surface area contributed by atoms with Crippen LogP contribution in [0.3, 0.4) is 0 Å². The van der Waals surface area contributed by atoms with Crippen LogP contribution in [0.25, 0.3) is 10.8 Å². The van der Waals surface area contributed by atoms with Crippen molar-refractivity contribution in [2.75, 3.05) is 0 Å². The molecule has 1 heteroatoms. The van der Waals surface area contributed by atoms with Crippen molar-refractivity contribution in [3.05, 3.63) is 72.1 Å². The Bertz CT molecular complexity index is 907. The number of halogens is 1. The van der Waals surface area contributed by atoms with Crippen LogP contribution in [-0.4, -0.2) is 0 Å². The Kier molecular flexibility index (Phi) is 8.22. The number of fused-ring (bicyclic) bond motifs is 1. The lowest BCUT2D eigenvalue weighted by atomic mass is 9.68. The number of benzene rings is 2. The monoisotopic (exact) mass is 432 g/mol. The van der Waals surface area contributed by atoms with Gasteiger partial charge in [-0.3, -0.25) is 0 Å². The molecule has 4 rings (SSSR count). The fourth-order valence-corrected chi connectivity index (χ4v) is 6.26. The molecule has 0 atom stereocenters. The van der Waals surface area contributed by atoms with Gasteiger partial charge >= 0.3 is 0 Å². The van der Waals surface area contributed by atoms with Gasteiger partial charge in [-0.25, -0.2) is 4.39 Å². The maximum Gasteiger partial charge on any atom is 0.134 e. The lowest BCUT2D eigenvalue weighted by molar-refractivity contribution is 0.171. The summed E-state index contributed by atoms with van der Waals surface area (Å²) in [6, 6.07) is 10.4. The molecule has 0 saturated heterocycles. The van der Waals surface area contributed by atoms with Crippen molar-refractivity contribution in [2.24, 2.45) is 17.8 Å². The molecule has 0 unspecified atom stereocenters. The fourth-order valence-electron chi connectivity index (χ4n) is 6.26. The minimum Gasteiger partial charge on any atom is -0.206 e. The second-order valence-corrected chi connectivity index (χ2v) is 10.4. The van der Waals surface area contributed by atoms with Crippen LogP contribution in [-0.2, 0) is 6.42 Å². The van der Waals surface area contributed by atoms with Gasteiger partial charge in [0.05, 0.1) is 0 Å². The summed E-state index contributed by atoms with van der Waals surface area (Å²) in [5.74, 6) is 3.01. The molecule has 0 aliphatic heterocycles. The van der Waals surface area contributed by atoms with Crippen molar-refractivity contribution in [1.82, 2.24) is 0 Å². The lowest BCUT2D eigenvalue weighted by Crippen LogP contribution is -2.25. The van der Waals surface area contributed by atoms with Crippen LogP contribution in [0.5, 0.6) is 0 Å². The number of hydrogen-bond donors (Lipinski definition) is 0. The Morgan fingerprint density at radius 2 is 1.62 bits per heavy atom. The van der Waals surface area contributed by atoms with Gasteiger partial charge < -0.3 is 0 Å². The van der Waals surface area contributed by atoms with E-state index in [1.54, 1.807) is 0 Å². The van der Waals surface area contributed by atoms with Crippen molar-refractivity contribution in [3.8, 4) is 0 Å². The highest BCUT2D eigenvalue weighted by atomic mass is 19.1. The van der Waals surface area contributed by atoms with Crippen LogP contribution >= 0.6 is 0 Å². The molecule has 2 aliphatic carbocycles. The molecule has 0 N–H and O–H groups in total. The average Bonchev–Trinajstić information content (AvgIpc) is 2.84. The molecule has 2 saturated carbocycles. The number of unbranched alkanes of at least 4 members (excludes halogenated alkanes) is 1. The highest BCUT2D eigenvalue weighted by Gasteiger charge is 2.31. The smallest absolute Gasteiger partial charge is 0.134 e. The van der Waals surface area contributed by atoms with Gasteiger partial charge in [-0.05, 0) is 111 Å². The maximum absolute atomic E-state index is 15.4. The Morgan fingerprint density at radius 1 is 0.906 bits per heavy atom. The van der Waals surface area contributed by atoms with Gasteiger partial charge in [0.15, 0.2) is 0 Å². The summed E-state index contributed by atoms with van der Waals surface area (Å²) in [4.78, 5) is 0. The zero-order valence-corrected chi connectivity index (χ0v) is 20.0. The Hall–Kier alpha value is -1.89. The van der Waals surface area contributed by atoms with Crippen molar-refractivity contribution in [1.29, 1.82) is 0 Å². The number of allylic oxidation sites excluding steroid dienone is 3. The highest BCUT2D eigenvalue weighted by Crippen LogP contribution is 2.45. The Morgan fingerprint density at radius 3 is 2.31 bits per heavy atom. The predicted octanol–water partition coefficient (Wildman–Crippen LogP) is 9.53. The molecule has 32 heavy (non-hydrogen) atoms. The minimum atomic E-state index is 0.0283. The summed E-state index contributed by atoms with van der Waals surface area (Å²) >= 11 is 0. The molecule has 2 fully saturated rings. The highest BCUT2D eigenvalue weighted by molar-refractivity contribution is 5.84. The molecule has 0 aromatic heterocycles. The van der Waals surface area contributed by atoms with Crippen LogP contribution in [0.1, 0.15) is 94.6 Å². The summed E-state index contributed by atoms with van der Waals surface area (Å²) in [5.41, 5.74) is 2.22. The van der Waals surface area contributed by atoms with Crippen LogP contribution in [0.15, 0.2) is 55.1 Å². The quantitative estimate of drug-likeness (QED) is 0.364. The normalized spacial score (nSPS) is 26.6. The van der Waals surface area contributed by atoms with Crippen molar-refractivity contribution >= 4 is 10.8 Å². The number of rotatable bonds is 8. The zero-order chi connectivity index (χ0) is 22.3. The minimum absolute atomic E-state index is 0.0283. The van der Waals surface area contributed by atoms with Gasteiger partial charge in [0.1, 0.15) is 5.82 Å². The van der Waals surface area contributed by atoms with E-state index < -0.39 is 0 Å². The van der Waals surface area contributed by atoms with Gasteiger partial charge in [0.25, 0.3) is 0 Å². The fraction of sp³-hybridized carbons (Fsp3) is 0.548. The molecule has 2 aromatic rings. The maximum atomic E-state index is 15.4. The van der Waals surface area contributed by atoms with E-state index >= 15 is 4.39 Å². The van der Waals surface area contributed by atoms with E-state index in [4.69, 9.17) is 0 Å². The molecular formula is C31H41F. The molecule has 0 spiro atoms. The molecule has 0 amide bonds. The first-order chi connectivity index (χ1) is 15.7. The molecular weight excluding hydrogens is 391 g/mol. The molecule has 2 aromatic carbocycles. The lowest BCUT2D eigenvalue weighted by Gasteiger charge is -2.37. The first-order valence-corrected chi connectivity index (χ1v) is 13.2. The van der Waals surface area contributed by atoms with Crippen molar-refractivity contribution < 1.29 is 4.39 Å². The Balaban J connectivity index is 1.34. The van der Waals surface area contributed by atoms with Crippen molar-refractivity contribution in [2.45, 2.75) is 89.9 Å². The third-order valence-electron chi connectivity index (χ3n) is 8.24. The topological polar surface area (TPSA) is 0 Å². The molecule has 0 nitrogen and oxygen atoms in total. The summed E-state index contributed by atoms with van der Waals surface area (Å²) < 4.78 is 15.4. The first-order valence-electron chi connectivity index (χ1n) is 13.2. The predicted molar refractivity (Wildman–Crippen MR) is 137 cm³/mol. The first kappa shape index (κ1) is 23.3. The summed E-state index contributed by atoms with van der Waals surface area (Å²) in [6.45, 7) is 6.06. The van der Waals surface area contributed by atoms with Gasteiger partial charge in [-0.1, -0.05) is 61.9 Å². The van der Waals surface area contributed by atoms with Crippen LogP contribution in [0.2, 0.25) is 0 Å². The second kappa shape index (κ2) is 11.3. The van der Waals surface area contributed by atoms with Gasteiger partial charge in [0, 0.05) is 5.39 Å². The number of aryl methyl sites for hydroxylation is 1. The standard InChI is InChI=1S/C31H41F/c1-3-5-7-9-23-10-13-25(14-11-23)26-15-17-27(18-16-26)29-21-19-28-22-24(8-6-4-2)12-20-30(28)31(29)32/h4,7,9,12,19-23,25-27H,2-3,5-6,8,10-11,13-18H2,1H3/b9-7+. The third kappa shape index (κ3) is 5.53. The third-order valence-corrected chi connectivity index (χ3v) is 8.24. The number of hydrogen-bond acceptors (Lipinski definition) is 0. The summed E-state index contributed by atoms with van der Waals surface area (Å²) in [5, 5.41) is 1.83. The van der Waals surface area contributed by atoms with E-state index in [0.29, 0.717) is 5.92 Å². The largest absolute Gasteiger partial charge is 0.206 e. The van der Waals surface area contributed by atoms with Gasteiger partial charge in [-0.15, -0.1) is 6.58 Å². The van der Waals surface area contributed by atoms with Crippen LogP contribution in [0.4, 0.5) is 4.39 Å². The van der Waals surface area contributed by atoms with E-state index in [2.05, 4.69) is 49.9 Å². The van der Waals surface area contributed by atoms with Gasteiger partial charge in [-0.2, -0.15) is 0 Å². The van der Waals surface area contributed by atoms with E-state index in [9.17, 15) is 0 Å². The average molecular weight is 433 g/mol. The van der Waals surface area contributed by atoms with E-state index in [-0.39, 0.29) is 5.82 Å². The molecule has 2 aliphatic rings. The van der Waals surface area contributed by atoms with Crippen LogP contribution < -0.4 is 0 Å². The van der Waals surface area contributed by atoms with Crippen LogP contribution in [0, 0.1) is 23.6 Å². The SMILES string of the molecule is C=CCCc1ccc2c(F)c(C3CCC(C4CCC(/C=C/CCC)CC4)CC3)ccc2c1. The van der Waals surface area contributed by atoms with Gasteiger partial charge in [0.2, 0.25) is 0 Å². The van der Waals surface area contributed by atoms with E-state index in [1.165, 1.54) is 56.9 Å². The molecule has 172 valence electrons. The second-order valence-electron chi connectivity index (χ2n) is 10.4. The zero-order valence-electron chi connectivity index (χ0n) is 20.0. The van der Waals surface area contributed by atoms with Crippen molar-refractivity contribution in [3.63, 3.8) is 0 Å². The summed E-state index contributed by atoms with van der Waals surface area (Å²) in [7, 11) is 0. The Labute approximate surface area is 195 Å².